The first kappa shape index (κ1) is 10.7. The molecule has 0 aromatic heterocycles. The van der Waals surface area contributed by atoms with E-state index >= 15 is 0 Å². The Bertz CT molecular complexity index is 120. The van der Waals surface area contributed by atoms with Gasteiger partial charge >= 0.3 is 0 Å². The van der Waals surface area contributed by atoms with Gasteiger partial charge in [-0.15, -0.1) is 0 Å². The summed E-state index contributed by atoms with van der Waals surface area (Å²) in [4.78, 5) is 0. The Balaban J connectivity index is 4.10. The molecule has 7 nitrogen and oxygen atoms in total. The van der Waals surface area contributed by atoms with Crippen LogP contribution in [0.1, 0.15) is 20.3 Å². The van der Waals surface area contributed by atoms with E-state index in [-0.39, 0.29) is 6.42 Å². The van der Waals surface area contributed by atoms with Crippen LogP contribution in [0, 0.1) is 10.4 Å². The summed E-state index contributed by atoms with van der Waals surface area (Å²) < 4.78 is 0. The smallest absolute Gasteiger partial charge is 0.0928 e. The lowest BCUT2D eigenvalue weighted by Gasteiger charge is -2.44. The molecular weight excluding hydrogens is 154 g/mol. The van der Waals surface area contributed by atoms with Crippen LogP contribution in [0.15, 0.2) is 0 Å². The second kappa shape index (κ2) is 3.93. The minimum absolute atomic E-state index is 0.159. The van der Waals surface area contributed by atoms with Crippen molar-refractivity contribution in [3.63, 3.8) is 0 Å². The molecule has 0 heterocycles. The molecular formula is C4H11N3O4-2. The summed E-state index contributed by atoms with van der Waals surface area (Å²) in [5.74, 6) is 0. The fraction of sp³-hybridized carbons (Fsp3) is 1.00. The molecule has 0 amide bonds. The molecule has 11 heavy (non-hydrogen) atoms. The van der Waals surface area contributed by atoms with Gasteiger partial charge in [-0.3, -0.25) is 0 Å². The van der Waals surface area contributed by atoms with Crippen molar-refractivity contribution in [3.8, 4) is 0 Å². The average molecular weight is 165 g/mol. The third-order valence-corrected chi connectivity index (χ3v) is 1.45. The van der Waals surface area contributed by atoms with Gasteiger partial charge in [0.25, 0.3) is 0 Å². The maximum Gasteiger partial charge on any atom is 0.0928 e. The van der Waals surface area contributed by atoms with Crippen molar-refractivity contribution >= 4 is 0 Å². The van der Waals surface area contributed by atoms with E-state index in [1.165, 1.54) is 6.92 Å². The Morgan fingerprint density at radius 1 is 1.45 bits per heavy atom. The van der Waals surface area contributed by atoms with Gasteiger partial charge in [-0.2, -0.15) is 5.34 Å². The zero-order chi connectivity index (χ0) is 9.07. The number of hydrazine groups is 1. The second-order valence-corrected chi connectivity index (χ2v) is 2.29. The Hall–Kier alpha value is -0.280. The molecule has 3 N–H and O–H groups in total. The molecule has 0 aromatic carbocycles. The molecule has 1 unspecified atom stereocenters. The van der Waals surface area contributed by atoms with E-state index in [1.807, 2.05) is 0 Å². The molecule has 0 aliphatic heterocycles. The summed E-state index contributed by atoms with van der Waals surface area (Å²) in [5, 5.41) is 35.9. The predicted molar refractivity (Wildman–Crippen MR) is 35.8 cm³/mol. The lowest BCUT2D eigenvalue weighted by Crippen LogP contribution is -2.57. The maximum atomic E-state index is 10.4. The van der Waals surface area contributed by atoms with Crippen molar-refractivity contribution < 1.29 is 10.4 Å². The fourth-order valence-electron chi connectivity index (χ4n) is 0.463. The first-order valence-corrected chi connectivity index (χ1v) is 3.02. The van der Waals surface area contributed by atoms with Crippen molar-refractivity contribution in [2.24, 2.45) is 0 Å². The molecule has 1 atom stereocenters. The summed E-state index contributed by atoms with van der Waals surface area (Å²) in [5.41, 5.74) is 0.313. The molecule has 7 heteroatoms. The Labute approximate surface area is 63.9 Å². The first-order chi connectivity index (χ1) is 4.92. The number of hydrogen-bond acceptors (Lipinski definition) is 7. The largest absolute Gasteiger partial charge is 0.761 e. The highest BCUT2D eigenvalue weighted by molar-refractivity contribution is 4.75. The third kappa shape index (κ3) is 3.08. The quantitative estimate of drug-likeness (QED) is 0.397. The number of nitrogens with zero attached hydrogens (tertiary/aromatic N) is 2. The highest BCUT2D eigenvalue weighted by Crippen LogP contribution is 2.11. The summed E-state index contributed by atoms with van der Waals surface area (Å²) in [6, 6.07) is 0. The van der Waals surface area contributed by atoms with Crippen molar-refractivity contribution in [1.82, 2.24) is 16.0 Å². The molecule has 0 radical (unpaired) electrons. The number of rotatable bonds is 4. The van der Waals surface area contributed by atoms with Crippen LogP contribution in [-0.2, 0) is 0 Å². The molecule has 68 valence electrons. The van der Waals surface area contributed by atoms with Crippen molar-refractivity contribution in [2.45, 2.75) is 25.9 Å². The van der Waals surface area contributed by atoms with E-state index in [1.54, 1.807) is 12.3 Å². The highest BCUT2D eigenvalue weighted by atomic mass is 16.8. The molecule has 0 aliphatic carbocycles. The van der Waals surface area contributed by atoms with E-state index < -0.39 is 16.2 Å². The molecule has 0 fully saturated rings. The van der Waals surface area contributed by atoms with Crippen LogP contribution >= 0.6 is 0 Å². The Kier molecular flexibility index (Phi) is 3.83. The average Bonchev–Trinajstić information content (AvgIpc) is 1.86. The van der Waals surface area contributed by atoms with Gasteiger partial charge in [0.05, 0.1) is 5.66 Å². The molecule has 0 rings (SSSR count). The number of hydrogen-bond donors (Lipinski definition) is 3. The molecule has 0 saturated heterocycles. The van der Waals surface area contributed by atoms with Crippen molar-refractivity contribution in [1.29, 1.82) is 0 Å². The summed E-state index contributed by atoms with van der Waals surface area (Å²) >= 11 is 0. The van der Waals surface area contributed by atoms with Gasteiger partial charge in [-0.25, -0.2) is 10.7 Å². The van der Waals surface area contributed by atoms with Crippen LogP contribution in [-0.4, -0.2) is 26.6 Å². The lowest BCUT2D eigenvalue weighted by molar-refractivity contribution is -0.207. The van der Waals surface area contributed by atoms with Gasteiger partial charge in [0.15, 0.2) is 0 Å². The van der Waals surface area contributed by atoms with Crippen LogP contribution in [0.4, 0.5) is 0 Å². The van der Waals surface area contributed by atoms with Crippen LogP contribution in [0.2, 0.25) is 0 Å². The van der Waals surface area contributed by atoms with Gasteiger partial charge in [0.2, 0.25) is 0 Å². The van der Waals surface area contributed by atoms with Gasteiger partial charge < -0.3 is 20.8 Å². The highest BCUT2D eigenvalue weighted by Gasteiger charge is 2.22. The minimum Gasteiger partial charge on any atom is -0.761 e. The van der Waals surface area contributed by atoms with E-state index in [2.05, 4.69) is 0 Å². The van der Waals surface area contributed by atoms with Gasteiger partial charge in [-0.1, -0.05) is 6.92 Å². The normalized spacial score (nSPS) is 17.5. The summed E-state index contributed by atoms with van der Waals surface area (Å²) in [6.07, 6.45) is 0.159. The predicted octanol–water partition coefficient (Wildman–Crippen LogP) is -0.00480. The molecule has 0 saturated carbocycles. The van der Waals surface area contributed by atoms with Crippen LogP contribution < -0.4 is 5.43 Å². The van der Waals surface area contributed by atoms with Crippen molar-refractivity contribution in [3.05, 3.63) is 10.4 Å². The zero-order valence-corrected chi connectivity index (χ0v) is 6.31. The zero-order valence-electron chi connectivity index (χ0n) is 6.31. The lowest BCUT2D eigenvalue weighted by atomic mass is 10.2. The monoisotopic (exact) mass is 165 g/mol. The van der Waals surface area contributed by atoms with Crippen LogP contribution in [0.25, 0.3) is 0 Å². The van der Waals surface area contributed by atoms with Gasteiger partial charge in [0, 0.05) is 0 Å². The number of nitrogens with one attached hydrogen (secondary N) is 1. The molecule has 0 aliphatic rings. The van der Waals surface area contributed by atoms with E-state index in [0.717, 1.165) is 0 Å². The topological polar surface area (TPSA) is 105 Å². The third-order valence-electron chi connectivity index (χ3n) is 1.45. The molecule has 0 bridgehead atoms. The van der Waals surface area contributed by atoms with Crippen molar-refractivity contribution in [2.75, 3.05) is 0 Å². The number of hydroxylamine groups is 2. The summed E-state index contributed by atoms with van der Waals surface area (Å²) in [7, 11) is 0. The van der Waals surface area contributed by atoms with Crippen LogP contribution in [0.5, 0.6) is 0 Å². The second-order valence-electron chi connectivity index (χ2n) is 2.29. The SMILES string of the molecule is CCC(C)(NN([O-])O)N([O-])O. The van der Waals surface area contributed by atoms with Gasteiger partial charge in [-0.05, 0) is 13.3 Å². The maximum absolute atomic E-state index is 10.4. The molecule has 0 aromatic rings. The Morgan fingerprint density at radius 3 is 2.00 bits per heavy atom. The summed E-state index contributed by atoms with van der Waals surface area (Å²) in [6.45, 7) is 2.83. The minimum atomic E-state index is -1.49. The standard InChI is InChI=1S/C4H11N3O4/c1-3-4(2,6(8)9)5-7(10)11/h5,8,10H,3H2,1-2H3/q-2. The van der Waals surface area contributed by atoms with Crippen LogP contribution in [0.3, 0.4) is 0 Å². The fourth-order valence-corrected chi connectivity index (χ4v) is 0.463. The van der Waals surface area contributed by atoms with E-state index in [4.69, 9.17) is 10.4 Å². The first-order valence-electron chi connectivity index (χ1n) is 3.02. The molecule has 0 spiro atoms. The van der Waals surface area contributed by atoms with E-state index in [9.17, 15) is 10.4 Å². The van der Waals surface area contributed by atoms with E-state index in [0.29, 0.717) is 0 Å². The Morgan fingerprint density at radius 2 is 1.91 bits per heavy atom. The van der Waals surface area contributed by atoms with Gasteiger partial charge in [0.1, 0.15) is 0 Å².